The minimum atomic E-state index is 0.474. The number of aromatic nitrogens is 4. The van der Waals surface area contributed by atoms with Crippen LogP contribution >= 0.6 is 0 Å². The Morgan fingerprint density at radius 3 is 3.15 bits per heavy atom. The van der Waals surface area contributed by atoms with Gasteiger partial charge in [-0.05, 0) is 50.4 Å². The van der Waals surface area contributed by atoms with Gasteiger partial charge in [0.05, 0.1) is 12.3 Å². The zero-order valence-electron chi connectivity index (χ0n) is 15.7. The molecule has 5 rings (SSSR count). The minimum absolute atomic E-state index is 0.474. The Morgan fingerprint density at radius 2 is 2.19 bits per heavy atom. The van der Waals surface area contributed by atoms with E-state index in [1.165, 1.54) is 30.6 Å². The summed E-state index contributed by atoms with van der Waals surface area (Å²) < 4.78 is 7.91. The first-order valence-corrected chi connectivity index (χ1v) is 9.86. The first-order chi connectivity index (χ1) is 13.3. The van der Waals surface area contributed by atoms with Gasteiger partial charge in [0.25, 0.3) is 5.78 Å². The number of ether oxygens (including phenoxy) is 1. The molecule has 4 heterocycles. The summed E-state index contributed by atoms with van der Waals surface area (Å²) in [7, 11) is 0. The molecule has 140 valence electrons. The number of rotatable bonds is 3. The number of benzene rings is 1. The molecule has 2 aliphatic heterocycles. The van der Waals surface area contributed by atoms with E-state index in [9.17, 15) is 0 Å². The van der Waals surface area contributed by atoms with E-state index in [-0.39, 0.29) is 0 Å². The highest BCUT2D eigenvalue weighted by atomic mass is 16.5. The number of piperidine rings is 1. The highest BCUT2D eigenvalue weighted by Gasteiger charge is 2.28. The summed E-state index contributed by atoms with van der Waals surface area (Å²) in [5.41, 5.74) is 3.60. The van der Waals surface area contributed by atoms with Crippen molar-refractivity contribution in [2.75, 3.05) is 26.2 Å². The fraction of sp³-hybridized carbons (Fsp3) is 0.476. The minimum Gasteiger partial charge on any atom is -0.493 e. The molecule has 1 aromatic carbocycles. The fourth-order valence-corrected chi connectivity index (χ4v) is 4.59. The van der Waals surface area contributed by atoms with Gasteiger partial charge in [-0.25, -0.2) is 9.50 Å². The number of likely N-dealkylation sites (tertiary alicyclic amines) is 1. The topological polar surface area (TPSA) is 55.6 Å². The van der Waals surface area contributed by atoms with Crippen LogP contribution in [0.4, 0.5) is 0 Å². The van der Waals surface area contributed by atoms with Gasteiger partial charge in [0.15, 0.2) is 0 Å². The molecule has 6 heteroatoms. The molecule has 0 spiro atoms. The van der Waals surface area contributed by atoms with Crippen molar-refractivity contribution in [3.63, 3.8) is 0 Å². The molecule has 3 aromatic rings. The summed E-state index contributed by atoms with van der Waals surface area (Å²) in [5.74, 6) is 2.80. The lowest BCUT2D eigenvalue weighted by Crippen LogP contribution is -2.40. The summed E-state index contributed by atoms with van der Waals surface area (Å²) >= 11 is 0. The Labute approximate surface area is 159 Å². The number of nitrogens with zero attached hydrogens (tertiary/aromatic N) is 5. The average Bonchev–Trinajstić information content (AvgIpc) is 3.16. The number of hydrogen-bond donors (Lipinski definition) is 0. The predicted molar refractivity (Wildman–Crippen MR) is 103 cm³/mol. The van der Waals surface area contributed by atoms with E-state index in [0.717, 1.165) is 37.6 Å². The van der Waals surface area contributed by atoms with Crippen LogP contribution in [0.1, 0.15) is 35.7 Å². The van der Waals surface area contributed by atoms with Crippen LogP contribution in [-0.2, 0) is 6.42 Å². The van der Waals surface area contributed by atoms with E-state index in [0.29, 0.717) is 17.6 Å². The van der Waals surface area contributed by atoms with Crippen LogP contribution in [0.5, 0.6) is 5.75 Å². The van der Waals surface area contributed by atoms with Crippen molar-refractivity contribution < 1.29 is 4.74 Å². The largest absolute Gasteiger partial charge is 0.493 e. The second-order valence-corrected chi connectivity index (χ2v) is 7.88. The van der Waals surface area contributed by atoms with Crippen molar-refractivity contribution in [3.8, 4) is 5.75 Å². The maximum atomic E-state index is 5.99. The van der Waals surface area contributed by atoms with Gasteiger partial charge in [0.2, 0.25) is 0 Å². The number of fused-ring (bicyclic) bond motifs is 2. The highest BCUT2D eigenvalue weighted by Crippen LogP contribution is 2.30. The SMILES string of the molecule is Cc1cc(C2CCCN(C[C@H]3COc4ccccc4C3)C2)n2ncnc2n1. The van der Waals surface area contributed by atoms with Crippen molar-refractivity contribution in [1.82, 2.24) is 24.5 Å². The Balaban J connectivity index is 1.31. The lowest BCUT2D eigenvalue weighted by Gasteiger charge is -2.36. The predicted octanol–water partition coefficient (Wildman–Crippen LogP) is 2.86. The van der Waals surface area contributed by atoms with Crippen molar-refractivity contribution in [3.05, 3.63) is 53.6 Å². The smallest absolute Gasteiger partial charge is 0.252 e. The second-order valence-electron chi connectivity index (χ2n) is 7.88. The van der Waals surface area contributed by atoms with E-state index < -0.39 is 0 Å². The van der Waals surface area contributed by atoms with Gasteiger partial charge in [-0.2, -0.15) is 10.1 Å². The molecule has 2 atom stereocenters. The van der Waals surface area contributed by atoms with Gasteiger partial charge < -0.3 is 9.64 Å². The van der Waals surface area contributed by atoms with E-state index >= 15 is 0 Å². The molecule has 0 N–H and O–H groups in total. The molecule has 0 radical (unpaired) electrons. The molecule has 27 heavy (non-hydrogen) atoms. The first kappa shape index (κ1) is 16.7. The quantitative estimate of drug-likeness (QED) is 0.716. The molecule has 1 fully saturated rings. The Morgan fingerprint density at radius 1 is 1.26 bits per heavy atom. The monoisotopic (exact) mass is 363 g/mol. The normalized spacial score (nSPS) is 23.1. The van der Waals surface area contributed by atoms with Crippen molar-refractivity contribution in [2.24, 2.45) is 5.92 Å². The number of aryl methyl sites for hydroxylation is 1. The Hall–Kier alpha value is -2.47. The maximum absolute atomic E-state index is 5.99. The van der Waals surface area contributed by atoms with Gasteiger partial charge in [0.1, 0.15) is 12.1 Å². The van der Waals surface area contributed by atoms with E-state index in [1.807, 2.05) is 11.4 Å². The van der Waals surface area contributed by atoms with Crippen LogP contribution in [0.2, 0.25) is 0 Å². The molecule has 1 saturated heterocycles. The Bertz CT molecular complexity index is 953. The number of para-hydroxylation sites is 1. The van der Waals surface area contributed by atoms with Gasteiger partial charge >= 0.3 is 0 Å². The van der Waals surface area contributed by atoms with E-state index in [2.05, 4.69) is 50.3 Å². The van der Waals surface area contributed by atoms with Gasteiger partial charge in [-0.3, -0.25) is 0 Å². The molecular weight excluding hydrogens is 338 g/mol. The lowest BCUT2D eigenvalue weighted by molar-refractivity contribution is 0.134. The molecule has 0 amide bonds. The summed E-state index contributed by atoms with van der Waals surface area (Å²) in [6.45, 7) is 6.18. The van der Waals surface area contributed by atoms with Gasteiger partial charge in [0, 0.05) is 30.6 Å². The van der Waals surface area contributed by atoms with Crippen LogP contribution in [-0.4, -0.2) is 50.7 Å². The van der Waals surface area contributed by atoms with Crippen molar-refractivity contribution in [2.45, 2.75) is 32.1 Å². The first-order valence-electron chi connectivity index (χ1n) is 9.86. The van der Waals surface area contributed by atoms with Crippen LogP contribution in [0.15, 0.2) is 36.7 Å². The molecule has 2 aromatic heterocycles. The van der Waals surface area contributed by atoms with Crippen LogP contribution < -0.4 is 4.74 Å². The third kappa shape index (κ3) is 3.30. The molecule has 0 bridgehead atoms. The van der Waals surface area contributed by atoms with Crippen molar-refractivity contribution >= 4 is 5.78 Å². The molecule has 2 aliphatic rings. The van der Waals surface area contributed by atoms with Crippen LogP contribution in [0, 0.1) is 12.8 Å². The van der Waals surface area contributed by atoms with Gasteiger partial charge in [-0.15, -0.1) is 0 Å². The summed E-state index contributed by atoms with van der Waals surface area (Å²) in [6, 6.07) is 10.6. The molecule has 0 saturated carbocycles. The second kappa shape index (κ2) is 6.93. The fourth-order valence-electron chi connectivity index (χ4n) is 4.59. The van der Waals surface area contributed by atoms with Crippen LogP contribution in [0.3, 0.4) is 0 Å². The van der Waals surface area contributed by atoms with Crippen molar-refractivity contribution in [1.29, 1.82) is 0 Å². The summed E-state index contributed by atoms with van der Waals surface area (Å²) in [4.78, 5) is 11.4. The van der Waals surface area contributed by atoms with E-state index in [4.69, 9.17) is 4.74 Å². The molecule has 0 aliphatic carbocycles. The highest BCUT2D eigenvalue weighted by molar-refractivity contribution is 5.35. The molecule has 6 nitrogen and oxygen atoms in total. The average molecular weight is 363 g/mol. The third-order valence-corrected chi connectivity index (χ3v) is 5.80. The molecular formula is C21H25N5O. The van der Waals surface area contributed by atoms with E-state index in [1.54, 1.807) is 6.33 Å². The summed E-state index contributed by atoms with van der Waals surface area (Å²) in [6.07, 6.45) is 5.12. The maximum Gasteiger partial charge on any atom is 0.252 e. The number of hydrogen-bond acceptors (Lipinski definition) is 5. The standard InChI is InChI=1S/C21H25N5O/c1-15-9-19(26-21(24-15)22-14-23-26)18-6-4-8-25(12-18)11-16-10-17-5-2-3-7-20(17)27-13-16/h2-3,5,7,9,14,16,18H,4,6,8,10-13H2,1H3/t16-,18?/m0/s1. The Kier molecular flexibility index (Phi) is 4.28. The zero-order valence-corrected chi connectivity index (χ0v) is 15.7. The summed E-state index contributed by atoms with van der Waals surface area (Å²) in [5, 5.41) is 4.41. The lowest BCUT2D eigenvalue weighted by atomic mass is 9.91. The zero-order chi connectivity index (χ0) is 18.2. The molecule has 1 unspecified atom stereocenters. The van der Waals surface area contributed by atoms with Gasteiger partial charge in [-0.1, -0.05) is 18.2 Å². The van der Waals surface area contributed by atoms with Crippen LogP contribution in [0.25, 0.3) is 5.78 Å². The third-order valence-electron chi connectivity index (χ3n) is 5.80.